The predicted molar refractivity (Wildman–Crippen MR) is 124 cm³/mol. The van der Waals surface area contributed by atoms with Gasteiger partial charge in [-0.05, 0) is 79.6 Å². The molecule has 0 aromatic heterocycles. The minimum Gasteiger partial charge on any atom is -0.468 e. The lowest BCUT2D eigenvalue weighted by atomic mass is 9.96. The van der Waals surface area contributed by atoms with Crippen molar-refractivity contribution in [1.29, 1.82) is 0 Å². The molecule has 0 amide bonds. The highest BCUT2D eigenvalue weighted by Gasteiger charge is 2.24. The molecule has 0 aromatic carbocycles. The van der Waals surface area contributed by atoms with Gasteiger partial charge in [-0.2, -0.15) is 0 Å². The molecule has 0 aliphatic rings. The van der Waals surface area contributed by atoms with Gasteiger partial charge in [0.1, 0.15) is 11.7 Å². The summed E-state index contributed by atoms with van der Waals surface area (Å²) in [4.78, 5) is 23.7. The van der Waals surface area contributed by atoms with Crippen LogP contribution in [0.5, 0.6) is 0 Å². The highest BCUT2D eigenvalue weighted by molar-refractivity contribution is 5.98. The number of carbonyl (C=O) groups is 2. The smallest absolute Gasteiger partial charge is 0.316 e. The fourth-order valence-electron chi connectivity index (χ4n) is 3.05. The second-order valence-corrected chi connectivity index (χ2v) is 8.18. The van der Waals surface area contributed by atoms with Crippen LogP contribution in [0.2, 0.25) is 0 Å². The molecule has 0 saturated heterocycles. The van der Waals surface area contributed by atoms with Crippen LogP contribution in [0.3, 0.4) is 0 Å². The van der Waals surface area contributed by atoms with Crippen LogP contribution in [0.4, 0.5) is 0 Å². The van der Waals surface area contributed by atoms with Crippen LogP contribution >= 0.6 is 0 Å². The molecule has 0 saturated carbocycles. The quantitative estimate of drug-likeness (QED) is 0.174. The Balaban J connectivity index is 4.37. The van der Waals surface area contributed by atoms with Crippen LogP contribution in [0.1, 0.15) is 92.9 Å². The Kier molecular flexibility index (Phi) is 14.9. The first kappa shape index (κ1) is 27.1. The standard InChI is InChI=1S/C26H42O3/c1-8-25(27)24(26(28)29-7)19-18-23(6)17-11-16-22(5)15-10-14-21(4)13-9-12-20(2)3/h12,14,16,18,24H,8-11,13,15,17,19H2,1-7H3. The van der Waals surface area contributed by atoms with Crippen molar-refractivity contribution in [2.45, 2.75) is 92.9 Å². The summed E-state index contributed by atoms with van der Waals surface area (Å²) in [5, 5.41) is 0. The summed E-state index contributed by atoms with van der Waals surface area (Å²) in [5.74, 6) is -1.15. The topological polar surface area (TPSA) is 43.4 Å². The number of carbonyl (C=O) groups excluding carboxylic acids is 2. The molecule has 0 aliphatic heterocycles. The first-order chi connectivity index (χ1) is 13.7. The molecule has 3 nitrogen and oxygen atoms in total. The van der Waals surface area contributed by atoms with Gasteiger partial charge < -0.3 is 4.74 Å². The van der Waals surface area contributed by atoms with Crippen molar-refractivity contribution in [1.82, 2.24) is 0 Å². The highest BCUT2D eigenvalue weighted by Crippen LogP contribution is 2.16. The Morgan fingerprint density at radius 2 is 1.21 bits per heavy atom. The van der Waals surface area contributed by atoms with Crippen molar-refractivity contribution in [3.05, 3.63) is 46.6 Å². The van der Waals surface area contributed by atoms with Crippen molar-refractivity contribution in [3.63, 3.8) is 0 Å². The van der Waals surface area contributed by atoms with Gasteiger partial charge in [0.2, 0.25) is 0 Å². The summed E-state index contributed by atoms with van der Waals surface area (Å²) in [5.41, 5.74) is 5.48. The maximum absolute atomic E-state index is 11.9. The molecule has 164 valence electrons. The van der Waals surface area contributed by atoms with Crippen LogP contribution in [0.25, 0.3) is 0 Å². The van der Waals surface area contributed by atoms with E-state index >= 15 is 0 Å². The number of rotatable bonds is 14. The van der Waals surface area contributed by atoms with Crippen molar-refractivity contribution >= 4 is 11.8 Å². The van der Waals surface area contributed by atoms with E-state index in [4.69, 9.17) is 4.74 Å². The molecule has 0 radical (unpaired) electrons. The largest absolute Gasteiger partial charge is 0.468 e. The van der Waals surface area contributed by atoms with E-state index in [1.165, 1.54) is 29.4 Å². The van der Waals surface area contributed by atoms with Gasteiger partial charge in [-0.1, -0.05) is 53.5 Å². The molecule has 0 bridgehead atoms. The lowest BCUT2D eigenvalue weighted by Crippen LogP contribution is -2.24. The number of ether oxygens (including phenoxy) is 1. The zero-order valence-electron chi connectivity index (χ0n) is 19.8. The molecular formula is C26H42O3. The average Bonchev–Trinajstić information content (AvgIpc) is 2.67. The van der Waals surface area contributed by atoms with Gasteiger partial charge in [0.25, 0.3) is 0 Å². The predicted octanol–water partition coefficient (Wildman–Crippen LogP) is 7.29. The summed E-state index contributed by atoms with van der Waals surface area (Å²) in [6.07, 6.45) is 16.2. The van der Waals surface area contributed by atoms with Crippen LogP contribution in [0, 0.1) is 5.92 Å². The Hall–Kier alpha value is -1.90. The molecule has 1 unspecified atom stereocenters. The SMILES string of the molecule is CCC(=O)C(CC=C(C)CCC=C(C)CCC=C(C)CCC=C(C)C)C(=O)OC. The minimum atomic E-state index is -0.663. The number of ketones is 1. The third-order valence-electron chi connectivity index (χ3n) is 5.08. The van der Waals surface area contributed by atoms with E-state index in [2.05, 4.69) is 52.8 Å². The van der Waals surface area contributed by atoms with Gasteiger partial charge >= 0.3 is 5.97 Å². The van der Waals surface area contributed by atoms with Crippen molar-refractivity contribution in [2.75, 3.05) is 7.11 Å². The van der Waals surface area contributed by atoms with Gasteiger partial charge in [0.15, 0.2) is 0 Å². The maximum atomic E-state index is 11.9. The second-order valence-electron chi connectivity index (χ2n) is 8.18. The second kappa shape index (κ2) is 16.0. The zero-order chi connectivity index (χ0) is 22.2. The van der Waals surface area contributed by atoms with Gasteiger partial charge in [0.05, 0.1) is 7.11 Å². The van der Waals surface area contributed by atoms with E-state index in [-0.39, 0.29) is 5.78 Å². The number of allylic oxidation sites excluding steroid dienone is 8. The highest BCUT2D eigenvalue weighted by atomic mass is 16.5. The molecule has 0 heterocycles. The van der Waals surface area contributed by atoms with E-state index in [1.54, 1.807) is 6.92 Å². The Morgan fingerprint density at radius 3 is 1.62 bits per heavy atom. The minimum absolute atomic E-state index is 0.0548. The van der Waals surface area contributed by atoms with E-state index in [0.717, 1.165) is 38.5 Å². The van der Waals surface area contributed by atoms with E-state index in [9.17, 15) is 9.59 Å². The average molecular weight is 403 g/mol. The van der Waals surface area contributed by atoms with Gasteiger partial charge in [0, 0.05) is 6.42 Å². The number of methoxy groups -OCH3 is 1. The summed E-state index contributed by atoms with van der Waals surface area (Å²) in [6.45, 7) is 12.5. The zero-order valence-corrected chi connectivity index (χ0v) is 19.8. The number of hydrogen-bond donors (Lipinski definition) is 0. The van der Waals surface area contributed by atoms with E-state index in [0.29, 0.717) is 12.8 Å². The van der Waals surface area contributed by atoms with Crippen molar-refractivity contribution < 1.29 is 14.3 Å². The fraction of sp³-hybridized carbons (Fsp3) is 0.615. The summed E-state index contributed by atoms with van der Waals surface area (Å²) >= 11 is 0. The molecule has 0 aromatic rings. The van der Waals surface area contributed by atoms with Crippen molar-refractivity contribution in [2.24, 2.45) is 5.92 Å². The van der Waals surface area contributed by atoms with Crippen LogP contribution in [-0.4, -0.2) is 18.9 Å². The van der Waals surface area contributed by atoms with E-state index in [1.807, 2.05) is 6.08 Å². The fourth-order valence-corrected chi connectivity index (χ4v) is 3.05. The molecule has 0 fully saturated rings. The summed E-state index contributed by atoms with van der Waals surface area (Å²) < 4.78 is 4.76. The molecule has 0 rings (SSSR count). The molecule has 0 N–H and O–H groups in total. The van der Waals surface area contributed by atoms with Crippen LogP contribution in [0.15, 0.2) is 46.6 Å². The number of hydrogen-bond acceptors (Lipinski definition) is 3. The lowest BCUT2D eigenvalue weighted by Gasteiger charge is -2.11. The van der Waals surface area contributed by atoms with E-state index < -0.39 is 11.9 Å². The van der Waals surface area contributed by atoms with Crippen LogP contribution < -0.4 is 0 Å². The Labute approximate surface area is 179 Å². The molecule has 29 heavy (non-hydrogen) atoms. The lowest BCUT2D eigenvalue weighted by molar-refractivity contribution is -0.149. The van der Waals surface area contributed by atoms with Gasteiger partial charge in [-0.25, -0.2) is 0 Å². The van der Waals surface area contributed by atoms with Gasteiger partial charge in [-0.15, -0.1) is 0 Å². The number of esters is 1. The summed E-state index contributed by atoms with van der Waals surface area (Å²) in [6, 6.07) is 0. The molecule has 0 aliphatic carbocycles. The molecular weight excluding hydrogens is 360 g/mol. The van der Waals surface area contributed by atoms with Crippen molar-refractivity contribution in [3.8, 4) is 0 Å². The Bertz CT molecular complexity index is 612. The summed E-state index contributed by atoms with van der Waals surface area (Å²) in [7, 11) is 1.34. The third kappa shape index (κ3) is 13.8. The first-order valence-corrected chi connectivity index (χ1v) is 10.9. The molecule has 0 spiro atoms. The Morgan fingerprint density at radius 1 is 0.759 bits per heavy atom. The molecule has 1 atom stereocenters. The van der Waals surface area contributed by atoms with Crippen LogP contribution in [-0.2, 0) is 14.3 Å². The third-order valence-corrected chi connectivity index (χ3v) is 5.08. The number of Topliss-reactive ketones (excluding diaryl/α,β-unsaturated/α-hetero) is 1. The maximum Gasteiger partial charge on any atom is 0.316 e. The normalized spacial score (nSPS) is 13.8. The monoisotopic (exact) mass is 402 g/mol. The molecule has 3 heteroatoms. The first-order valence-electron chi connectivity index (χ1n) is 10.9. The van der Waals surface area contributed by atoms with Gasteiger partial charge in [-0.3, -0.25) is 9.59 Å².